The van der Waals surface area contributed by atoms with E-state index in [1.165, 1.54) is 72.3 Å². The van der Waals surface area contributed by atoms with Crippen LogP contribution in [0.4, 0.5) is 11.4 Å². The van der Waals surface area contributed by atoms with Crippen molar-refractivity contribution < 1.29 is 0 Å². The third kappa shape index (κ3) is 5.44. The molecule has 4 heteroatoms. The smallest absolute Gasteiger partial charge is 0.0742 e. The summed E-state index contributed by atoms with van der Waals surface area (Å²) >= 11 is 0. The molecule has 54 heavy (non-hydrogen) atoms. The first-order valence-electron chi connectivity index (χ1n) is 19.1. The van der Waals surface area contributed by atoms with Gasteiger partial charge >= 0.3 is 0 Å². The van der Waals surface area contributed by atoms with Crippen LogP contribution in [-0.4, -0.2) is 21.3 Å². The van der Waals surface area contributed by atoms with Gasteiger partial charge in [-0.25, -0.2) is 0 Å². The number of pyridine rings is 1. The van der Waals surface area contributed by atoms with Crippen LogP contribution in [-0.2, 0) is 12.8 Å². The van der Waals surface area contributed by atoms with Gasteiger partial charge in [0.15, 0.2) is 0 Å². The average molecular weight is 699 g/mol. The lowest BCUT2D eigenvalue weighted by Gasteiger charge is -2.38. The summed E-state index contributed by atoms with van der Waals surface area (Å²) in [5.74, 6) is 1.16. The maximum absolute atomic E-state index is 4.50. The van der Waals surface area contributed by atoms with Gasteiger partial charge in [-0.2, -0.15) is 0 Å². The van der Waals surface area contributed by atoms with E-state index >= 15 is 0 Å². The van der Waals surface area contributed by atoms with Crippen LogP contribution in [0.1, 0.15) is 47.6 Å². The van der Waals surface area contributed by atoms with Crippen LogP contribution in [0.5, 0.6) is 0 Å². The monoisotopic (exact) mass is 698 g/mol. The molecular weight excluding hydrogens is 657 g/mol. The van der Waals surface area contributed by atoms with Gasteiger partial charge in [-0.1, -0.05) is 110 Å². The molecular formula is C50H42N4. The number of fused-ring (bicyclic) bond motifs is 6. The summed E-state index contributed by atoms with van der Waals surface area (Å²) in [6.07, 6.45) is 19.3. The van der Waals surface area contributed by atoms with E-state index in [0.717, 1.165) is 12.8 Å². The minimum absolute atomic E-state index is 0.161. The topological polar surface area (TPSA) is 33.4 Å². The molecule has 4 atom stereocenters. The molecule has 2 aromatic heterocycles. The van der Waals surface area contributed by atoms with Gasteiger partial charge in [-0.3, -0.25) is 9.98 Å². The molecule has 7 aromatic rings. The second-order valence-corrected chi connectivity index (χ2v) is 15.4. The molecule has 0 saturated heterocycles. The van der Waals surface area contributed by atoms with Crippen LogP contribution in [0.2, 0.25) is 0 Å². The van der Waals surface area contributed by atoms with Crippen molar-refractivity contribution in [2.75, 3.05) is 4.90 Å². The number of hydrogen-bond donors (Lipinski definition) is 0. The van der Waals surface area contributed by atoms with Gasteiger partial charge in [0.1, 0.15) is 0 Å². The van der Waals surface area contributed by atoms with E-state index in [1.807, 2.05) is 18.6 Å². The number of nitrogens with zero attached hydrogens (tertiary/aromatic N) is 4. The normalized spacial score (nSPS) is 21.4. The Morgan fingerprint density at radius 2 is 1.41 bits per heavy atom. The van der Waals surface area contributed by atoms with E-state index < -0.39 is 0 Å². The quantitative estimate of drug-likeness (QED) is 0.166. The molecule has 4 nitrogen and oxygen atoms in total. The minimum atomic E-state index is -0.161. The van der Waals surface area contributed by atoms with Crippen LogP contribution >= 0.6 is 0 Å². The Labute approximate surface area is 317 Å². The Hall–Kier alpha value is -6.26. The molecule has 4 heterocycles. The summed E-state index contributed by atoms with van der Waals surface area (Å²) in [5, 5.41) is 2.41. The summed E-state index contributed by atoms with van der Waals surface area (Å²) in [4.78, 5) is 11.4. The van der Waals surface area contributed by atoms with Crippen LogP contribution in [0.15, 0.2) is 175 Å². The Kier molecular flexibility index (Phi) is 7.80. The Morgan fingerprint density at radius 1 is 0.704 bits per heavy atom. The van der Waals surface area contributed by atoms with E-state index in [0.29, 0.717) is 11.8 Å². The molecule has 5 aromatic carbocycles. The number of aliphatic imine (C=N–C) groups is 1. The molecule has 0 spiro atoms. The van der Waals surface area contributed by atoms with E-state index in [1.54, 1.807) is 0 Å². The lowest BCUT2D eigenvalue weighted by Crippen LogP contribution is -2.43. The van der Waals surface area contributed by atoms with Crippen molar-refractivity contribution in [2.45, 2.75) is 38.1 Å². The van der Waals surface area contributed by atoms with E-state index in [4.69, 9.17) is 0 Å². The van der Waals surface area contributed by atoms with Crippen molar-refractivity contribution in [3.63, 3.8) is 0 Å². The van der Waals surface area contributed by atoms with Crippen molar-refractivity contribution in [1.82, 2.24) is 9.55 Å². The number of para-hydroxylation sites is 2. The summed E-state index contributed by atoms with van der Waals surface area (Å²) in [7, 11) is 0. The number of hydrogen-bond acceptors (Lipinski definition) is 3. The van der Waals surface area contributed by atoms with Crippen LogP contribution in [0.25, 0.3) is 33.1 Å². The zero-order valence-corrected chi connectivity index (χ0v) is 30.7. The summed E-state index contributed by atoms with van der Waals surface area (Å²) in [5.41, 5.74) is 13.8. The molecule has 0 amide bonds. The zero-order valence-electron chi connectivity index (χ0n) is 30.7. The van der Waals surface area contributed by atoms with Crippen LogP contribution < -0.4 is 4.90 Å². The molecule has 1 aliphatic carbocycles. The number of allylic oxidation sites excluding steroid dienone is 4. The Morgan fingerprint density at radius 3 is 2.22 bits per heavy atom. The molecule has 0 bridgehead atoms. The van der Waals surface area contributed by atoms with Crippen molar-refractivity contribution >= 4 is 45.0 Å². The van der Waals surface area contributed by atoms with Gasteiger partial charge in [0.05, 0.1) is 16.6 Å². The molecule has 0 N–H and O–H groups in total. The SMILES string of the molecule is CC1C=C(c2ccc(Cc3ccc(-n4c5ccccc5c5cnccc54)cc3)cc2)C=CC1Cc1ccc(N2c3ccccc3C3C=NC=CC32C)cc1. The van der Waals surface area contributed by atoms with Gasteiger partial charge < -0.3 is 9.47 Å². The Balaban J connectivity index is 0.801. The number of anilines is 2. The third-order valence-corrected chi connectivity index (χ3v) is 12.0. The number of aromatic nitrogens is 2. The fourth-order valence-corrected chi connectivity index (χ4v) is 9.10. The fraction of sp³-hybridized carbons (Fsp3) is 0.160. The largest absolute Gasteiger partial charge is 0.331 e. The number of rotatable bonds is 7. The fourth-order valence-electron chi connectivity index (χ4n) is 9.10. The zero-order chi connectivity index (χ0) is 36.2. The van der Waals surface area contributed by atoms with Gasteiger partial charge in [0.25, 0.3) is 0 Å². The molecule has 0 fully saturated rings. The van der Waals surface area contributed by atoms with Gasteiger partial charge in [0, 0.05) is 58.6 Å². The lowest BCUT2D eigenvalue weighted by atomic mass is 9.81. The number of benzene rings is 5. The van der Waals surface area contributed by atoms with E-state index in [9.17, 15) is 0 Å². The minimum Gasteiger partial charge on any atom is -0.331 e. The maximum atomic E-state index is 4.50. The van der Waals surface area contributed by atoms with Crippen molar-refractivity contribution in [3.8, 4) is 5.69 Å². The second kappa shape index (κ2) is 13.0. The molecule has 262 valence electrons. The van der Waals surface area contributed by atoms with Gasteiger partial charge in [-0.15, -0.1) is 0 Å². The molecule has 0 saturated carbocycles. The average Bonchev–Trinajstić information content (AvgIpc) is 3.69. The highest BCUT2D eigenvalue weighted by Crippen LogP contribution is 2.52. The molecule has 4 unspecified atom stereocenters. The van der Waals surface area contributed by atoms with E-state index in [-0.39, 0.29) is 11.5 Å². The van der Waals surface area contributed by atoms with Crippen molar-refractivity contribution in [1.29, 1.82) is 0 Å². The predicted molar refractivity (Wildman–Crippen MR) is 225 cm³/mol. The summed E-state index contributed by atoms with van der Waals surface area (Å²) in [6, 6.07) is 46.8. The maximum Gasteiger partial charge on any atom is 0.0742 e. The summed E-state index contributed by atoms with van der Waals surface area (Å²) < 4.78 is 2.34. The Bertz CT molecular complexity index is 2590. The summed E-state index contributed by atoms with van der Waals surface area (Å²) in [6.45, 7) is 4.68. The lowest BCUT2D eigenvalue weighted by molar-refractivity contribution is 0.506. The van der Waals surface area contributed by atoms with Crippen LogP contribution in [0.3, 0.4) is 0 Å². The predicted octanol–water partition coefficient (Wildman–Crippen LogP) is 11.8. The molecule has 3 aliphatic rings. The first kappa shape index (κ1) is 32.4. The van der Waals surface area contributed by atoms with Gasteiger partial charge in [-0.05, 0) is 114 Å². The van der Waals surface area contributed by atoms with Crippen molar-refractivity contribution in [2.24, 2.45) is 16.8 Å². The molecule has 2 aliphatic heterocycles. The van der Waals surface area contributed by atoms with E-state index in [2.05, 4.69) is 191 Å². The first-order valence-corrected chi connectivity index (χ1v) is 19.1. The highest BCUT2D eigenvalue weighted by molar-refractivity contribution is 6.08. The van der Waals surface area contributed by atoms with Crippen LogP contribution in [0, 0.1) is 11.8 Å². The van der Waals surface area contributed by atoms with Crippen molar-refractivity contribution in [3.05, 3.63) is 198 Å². The standard InChI is InChI=1S/C50H42N4/c1-34-29-40(20-19-39(34)31-37-15-23-42(24-16-37)54-49-10-6-4-8-44(49)46-33-52-28-26-50(46,54)2)38-17-11-35(12-18-38)30-36-13-21-41(22-14-36)53-47-9-5-3-7-43(47)45-32-51-27-25-48(45)53/h3-29,32-34,39,46H,30-31H2,1-2H3. The first-order chi connectivity index (χ1) is 26.5. The highest BCUT2D eigenvalue weighted by atomic mass is 15.2. The highest BCUT2D eigenvalue weighted by Gasteiger charge is 2.47. The van der Waals surface area contributed by atoms with Gasteiger partial charge in [0.2, 0.25) is 0 Å². The molecule has 10 rings (SSSR count). The third-order valence-electron chi connectivity index (χ3n) is 12.0. The second-order valence-electron chi connectivity index (χ2n) is 15.4. The molecule has 0 radical (unpaired) electrons.